The molecule has 2 unspecified atom stereocenters. The van der Waals surface area contributed by atoms with Gasteiger partial charge in [0.2, 0.25) is 0 Å². The molecular formula is C15H17NO3. The topological polar surface area (TPSA) is 59.3 Å². The lowest BCUT2D eigenvalue weighted by atomic mass is 9.96. The molecule has 1 fully saturated rings. The number of rotatable bonds is 3. The maximum Gasteiger partial charge on any atom is 0.291 e. The van der Waals surface area contributed by atoms with E-state index in [1.165, 1.54) is 6.26 Å². The van der Waals surface area contributed by atoms with Crippen LogP contribution in [0.1, 0.15) is 37.7 Å². The summed E-state index contributed by atoms with van der Waals surface area (Å²) in [6.07, 6.45) is 2.24. The first-order chi connectivity index (χ1) is 8.93. The van der Waals surface area contributed by atoms with E-state index >= 15 is 0 Å². The van der Waals surface area contributed by atoms with E-state index in [0.29, 0.717) is 11.8 Å². The first kappa shape index (κ1) is 12.2. The van der Waals surface area contributed by atoms with Crippen LogP contribution in [0.5, 0.6) is 0 Å². The predicted octanol–water partition coefficient (Wildman–Crippen LogP) is 2.53. The third kappa shape index (κ3) is 1.74. The molecule has 0 saturated heterocycles. The lowest BCUT2D eigenvalue weighted by Gasteiger charge is -2.14. The van der Waals surface area contributed by atoms with Gasteiger partial charge in [0.15, 0.2) is 11.5 Å². The molecule has 0 aliphatic heterocycles. The van der Waals surface area contributed by atoms with E-state index in [4.69, 9.17) is 4.42 Å². The Morgan fingerprint density at radius 2 is 2.16 bits per heavy atom. The highest BCUT2D eigenvalue weighted by Crippen LogP contribution is 2.68. The zero-order chi connectivity index (χ0) is 13.8. The number of carbonyl (C=O) groups excluding carboxylic acids is 2. The van der Waals surface area contributed by atoms with Gasteiger partial charge in [0.05, 0.1) is 6.26 Å². The van der Waals surface area contributed by atoms with Gasteiger partial charge < -0.3 is 9.73 Å². The monoisotopic (exact) mass is 259 g/mol. The van der Waals surface area contributed by atoms with Gasteiger partial charge >= 0.3 is 0 Å². The summed E-state index contributed by atoms with van der Waals surface area (Å²) < 4.78 is 5.06. The number of fused-ring (bicyclic) bond motifs is 1. The van der Waals surface area contributed by atoms with E-state index < -0.39 is 0 Å². The van der Waals surface area contributed by atoms with E-state index in [2.05, 4.69) is 19.2 Å². The van der Waals surface area contributed by atoms with Crippen molar-refractivity contribution >= 4 is 11.7 Å². The molecule has 2 aliphatic rings. The Morgan fingerprint density at radius 1 is 1.42 bits per heavy atom. The van der Waals surface area contributed by atoms with Crippen LogP contribution in [0, 0.1) is 17.3 Å². The Morgan fingerprint density at radius 3 is 2.74 bits per heavy atom. The molecule has 1 aromatic heterocycles. The molecule has 1 amide bonds. The van der Waals surface area contributed by atoms with Gasteiger partial charge in [-0.25, -0.2) is 0 Å². The Balaban J connectivity index is 1.84. The average molecular weight is 259 g/mol. The summed E-state index contributed by atoms with van der Waals surface area (Å²) in [7, 11) is 0. The molecule has 100 valence electrons. The third-order valence-corrected chi connectivity index (χ3v) is 4.50. The summed E-state index contributed by atoms with van der Waals surface area (Å²) in [5, 5.41) is 2.84. The smallest absolute Gasteiger partial charge is 0.291 e. The van der Waals surface area contributed by atoms with Crippen LogP contribution in [0.4, 0.5) is 0 Å². The molecule has 0 radical (unpaired) electrons. The molecule has 2 aliphatic carbocycles. The number of amides is 1. The van der Waals surface area contributed by atoms with Gasteiger partial charge in [0.25, 0.3) is 5.91 Å². The minimum atomic E-state index is -0.280. The molecule has 4 nitrogen and oxygen atoms in total. The fourth-order valence-corrected chi connectivity index (χ4v) is 3.37. The molecule has 4 heteroatoms. The molecule has 2 atom stereocenters. The molecule has 0 spiro atoms. The first-order valence-electron chi connectivity index (χ1n) is 6.51. The number of hydrogen-bond acceptors (Lipinski definition) is 3. The number of carbonyl (C=O) groups is 2. The van der Waals surface area contributed by atoms with E-state index in [0.717, 1.165) is 17.7 Å². The Bertz CT molecular complexity index is 581. The number of allylic oxidation sites excluding steroid dienone is 2. The van der Waals surface area contributed by atoms with Crippen molar-refractivity contribution in [3.05, 3.63) is 35.4 Å². The Kier molecular flexibility index (Phi) is 2.46. The van der Waals surface area contributed by atoms with Crippen LogP contribution in [-0.2, 0) is 4.79 Å². The summed E-state index contributed by atoms with van der Waals surface area (Å²) in [5.41, 5.74) is 1.78. The van der Waals surface area contributed by atoms with Gasteiger partial charge in [-0.2, -0.15) is 0 Å². The number of ketones is 1. The zero-order valence-corrected chi connectivity index (χ0v) is 11.3. The fourth-order valence-electron chi connectivity index (χ4n) is 3.37. The van der Waals surface area contributed by atoms with E-state index in [1.54, 1.807) is 19.1 Å². The van der Waals surface area contributed by atoms with Crippen molar-refractivity contribution in [2.24, 2.45) is 17.3 Å². The largest absolute Gasteiger partial charge is 0.459 e. The van der Waals surface area contributed by atoms with E-state index in [9.17, 15) is 9.59 Å². The summed E-state index contributed by atoms with van der Waals surface area (Å²) >= 11 is 0. The molecule has 0 aromatic carbocycles. The molecule has 1 heterocycles. The lowest BCUT2D eigenvalue weighted by molar-refractivity contribution is -0.114. The summed E-state index contributed by atoms with van der Waals surface area (Å²) in [6.45, 7) is 5.93. The summed E-state index contributed by atoms with van der Waals surface area (Å²) in [5.74, 6) is 0.844. The van der Waals surface area contributed by atoms with Crippen molar-refractivity contribution in [1.82, 2.24) is 5.32 Å². The predicted molar refractivity (Wildman–Crippen MR) is 69.3 cm³/mol. The Labute approximate surface area is 111 Å². The minimum Gasteiger partial charge on any atom is -0.459 e. The van der Waals surface area contributed by atoms with Crippen molar-refractivity contribution in [3.63, 3.8) is 0 Å². The van der Waals surface area contributed by atoms with Crippen molar-refractivity contribution in [2.75, 3.05) is 0 Å². The molecule has 1 aromatic rings. The second-order valence-corrected chi connectivity index (χ2v) is 5.99. The van der Waals surface area contributed by atoms with Gasteiger partial charge in [-0.05, 0) is 42.7 Å². The number of hydrogen-bond donors (Lipinski definition) is 1. The normalized spacial score (nSPS) is 27.1. The highest BCUT2D eigenvalue weighted by Gasteiger charge is 2.64. The van der Waals surface area contributed by atoms with Crippen molar-refractivity contribution < 1.29 is 14.0 Å². The van der Waals surface area contributed by atoms with Crippen LogP contribution in [0.2, 0.25) is 0 Å². The van der Waals surface area contributed by atoms with E-state index in [1.807, 2.05) is 0 Å². The number of furan rings is 1. The third-order valence-electron chi connectivity index (χ3n) is 4.50. The average Bonchev–Trinajstić information content (AvgIpc) is 2.83. The zero-order valence-electron chi connectivity index (χ0n) is 11.3. The van der Waals surface area contributed by atoms with Gasteiger partial charge in [0, 0.05) is 11.3 Å². The Hall–Kier alpha value is -1.84. The maximum absolute atomic E-state index is 12.0. The van der Waals surface area contributed by atoms with Gasteiger partial charge in [-0.1, -0.05) is 13.8 Å². The molecule has 3 rings (SSSR count). The molecule has 0 bridgehead atoms. The van der Waals surface area contributed by atoms with Crippen molar-refractivity contribution in [1.29, 1.82) is 0 Å². The second-order valence-electron chi connectivity index (χ2n) is 5.99. The quantitative estimate of drug-likeness (QED) is 0.907. The molecule has 1 N–H and O–H groups in total. The number of Topliss-reactive ketones (excluding diaryl/α,β-unsaturated/α-hetero) is 1. The molecular weight excluding hydrogens is 242 g/mol. The van der Waals surface area contributed by atoms with Crippen LogP contribution >= 0.6 is 0 Å². The van der Waals surface area contributed by atoms with E-state index in [-0.39, 0.29) is 22.9 Å². The number of nitrogens with one attached hydrogen (secondary N) is 1. The van der Waals surface area contributed by atoms with Crippen LogP contribution in [-0.4, -0.2) is 11.7 Å². The SMILES string of the molecule is CC(=O)C1=C(NC(=O)c2ccco2)CC2C1C2(C)C. The summed E-state index contributed by atoms with van der Waals surface area (Å²) in [6, 6.07) is 3.29. The standard InChI is InChI=1S/C15H17NO3/c1-8(17)12-10(7-9-13(12)15(9,2)3)16-14(18)11-5-4-6-19-11/h4-6,9,13H,7H2,1-3H3,(H,16,18). The van der Waals surface area contributed by atoms with Crippen LogP contribution in [0.25, 0.3) is 0 Å². The first-order valence-corrected chi connectivity index (χ1v) is 6.51. The lowest BCUT2D eigenvalue weighted by Crippen LogP contribution is -2.25. The molecule has 19 heavy (non-hydrogen) atoms. The van der Waals surface area contributed by atoms with Crippen LogP contribution in [0.3, 0.4) is 0 Å². The fraction of sp³-hybridized carbons (Fsp3) is 0.467. The minimum absolute atomic E-state index is 0.0628. The highest BCUT2D eigenvalue weighted by atomic mass is 16.3. The maximum atomic E-state index is 12.0. The van der Waals surface area contributed by atoms with Gasteiger partial charge in [-0.3, -0.25) is 9.59 Å². The van der Waals surface area contributed by atoms with Crippen molar-refractivity contribution in [3.8, 4) is 0 Å². The second kappa shape index (κ2) is 3.83. The van der Waals surface area contributed by atoms with Gasteiger partial charge in [0.1, 0.15) is 0 Å². The van der Waals surface area contributed by atoms with Crippen molar-refractivity contribution in [2.45, 2.75) is 27.2 Å². The van der Waals surface area contributed by atoms with Crippen LogP contribution < -0.4 is 5.32 Å². The summed E-state index contributed by atoms with van der Waals surface area (Å²) in [4.78, 5) is 23.8. The molecule has 1 saturated carbocycles. The highest BCUT2D eigenvalue weighted by molar-refractivity contribution is 5.99. The van der Waals surface area contributed by atoms with Crippen LogP contribution in [0.15, 0.2) is 34.1 Å². The van der Waals surface area contributed by atoms with Gasteiger partial charge in [-0.15, -0.1) is 0 Å².